The zero-order chi connectivity index (χ0) is 29.0. The molecule has 1 atom stereocenters. The molecule has 0 spiro atoms. The van der Waals surface area contributed by atoms with Crippen LogP contribution in [0.25, 0.3) is 0 Å². The first-order valence-electron chi connectivity index (χ1n) is 14.3. The summed E-state index contributed by atoms with van der Waals surface area (Å²) in [5, 5.41) is 3.41. The summed E-state index contributed by atoms with van der Waals surface area (Å²) >= 11 is 6.45. The number of hydrogen-bond donors (Lipinski definition) is 2. The van der Waals surface area contributed by atoms with E-state index in [0.717, 1.165) is 50.2 Å². The maximum absolute atomic E-state index is 13.0. The summed E-state index contributed by atoms with van der Waals surface area (Å²) in [7, 11) is -3.70. The van der Waals surface area contributed by atoms with Crippen LogP contribution >= 0.6 is 11.6 Å². The molecule has 41 heavy (non-hydrogen) atoms. The van der Waals surface area contributed by atoms with Gasteiger partial charge < -0.3 is 14.8 Å². The number of likely N-dealkylation sites (tertiary alicyclic amines) is 1. The maximum atomic E-state index is 13.0. The molecule has 0 amide bonds. The summed E-state index contributed by atoms with van der Waals surface area (Å²) in [5.74, 6) is 2.76. The van der Waals surface area contributed by atoms with E-state index < -0.39 is 10.0 Å². The predicted octanol–water partition coefficient (Wildman–Crippen LogP) is 5.41. The number of sulfonamides is 1. The fourth-order valence-corrected chi connectivity index (χ4v) is 6.21. The Labute approximate surface area is 247 Å². The largest absolute Gasteiger partial charge is 0.491 e. The summed E-state index contributed by atoms with van der Waals surface area (Å²) < 4.78 is 41.2. The van der Waals surface area contributed by atoms with Gasteiger partial charge in [0.05, 0.1) is 18.0 Å². The number of nitrogens with one attached hydrogen (secondary N) is 2. The van der Waals surface area contributed by atoms with Gasteiger partial charge in [-0.25, -0.2) is 23.1 Å². The molecule has 1 aliphatic carbocycles. The molecule has 11 heteroatoms. The second-order valence-electron chi connectivity index (χ2n) is 10.9. The van der Waals surface area contributed by atoms with Crippen LogP contribution < -0.4 is 19.5 Å². The lowest BCUT2D eigenvalue weighted by atomic mass is 10.1. The van der Waals surface area contributed by atoms with E-state index >= 15 is 0 Å². The van der Waals surface area contributed by atoms with E-state index in [1.165, 1.54) is 6.20 Å². The van der Waals surface area contributed by atoms with Crippen molar-refractivity contribution in [3.05, 3.63) is 65.1 Å². The molecule has 1 saturated heterocycles. The van der Waals surface area contributed by atoms with E-state index in [1.54, 1.807) is 24.3 Å². The van der Waals surface area contributed by atoms with Crippen molar-refractivity contribution in [2.45, 2.75) is 63.6 Å². The van der Waals surface area contributed by atoms with Crippen LogP contribution in [-0.4, -0.2) is 61.7 Å². The van der Waals surface area contributed by atoms with Crippen molar-refractivity contribution in [1.82, 2.24) is 19.6 Å². The van der Waals surface area contributed by atoms with Crippen molar-refractivity contribution < 1.29 is 17.9 Å². The number of aromatic nitrogens is 2. The normalized spacial score (nSPS) is 17.6. The van der Waals surface area contributed by atoms with Crippen molar-refractivity contribution in [2.75, 3.05) is 31.5 Å². The zero-order valence-corrected chi connectivity index (χ0v) is 25.3. The van der Waals surface area contributed by atoms with Gasteiger partial charge in [-0.2, -0.15) is 0 Å². The van der Waals surface area contributed by atoms with Crippen molar-refractivity contribution in [3.63, 3.8) is 0 Å². The molecule has 1 aliphatic heterocycles. The maximum Gasteiger partial charge on any atom is 0.242 e. The lowest BCUT2D eigenvalue weighted by molar-refractivity contribution is 0.199. The van der Waals surface area contributed by atoms with Gasteiger partial charge >= 0.3 is 0 Å². The highest BCUT2D eigenvalue weighted by Crippen LogP contribution is 2.32. The van der Waals surface area contributed by atoms with Crippen molar-refractivity contribution >= 4 is 33.1 Å². The van der Waals surface area contributed by atoms with Gasteiger partial charge in [-0.05, 0) is 63.8 Å². The molecule has 2 aliphatic rings. The first kappa shape index (κ1) is 29.6. The Balaban J connectivity index is 1.34. The predicted molar refractivity (Wildman–Crippen MR) is 161 cm³/mol. The molecule has 1 unspecified atom stereocenters. The molecule has 1 saturated carbocycles. The second-order valence-corrected chi connectivity index (χ2v) is 13.1. The van der Waals surface area contributed by atoms with Gasteiger partial charge in [0.1, 0.15) is 33.3 Å². The summed E-state index contributed by atoms with van der Waals surface area (Å²) in [6.45, 7) is 9.58. The van der Waals surface area contributed by atoms with Crippen LogP contribution in [0, 0.1) is 5.92 Å². The zero-order valence-electron chi connectivity index (χ0n) is 23.8. The SMILES string of the molecule is CCN1CCC(Oc2ccc(Cc3ncc(Cl)c(Nc4ccccc4S(=O)(=O)NCC4CC4)n3)c(OC(C)C)c2)C1. The van der Waals surface area contributed by atoms with Gasteiger partial charge in [-0.1, -0.05) is 36.7 Å². The minimum atomic E-state index is -3.70. The van der Waals surface area contributed by atoms with Crippen LogP contribution in [0.15, 0.2) is 53.6 Å². The number of ether oxygens (including phenoxy) is 2. The Morgan fingerprint density at radius 3 is 2.68 bits per heavy atom. The molecule has 0 radical (unpaired) electrons. The Morgan fingerprint density at radius 1 is 1.15 bits per heavy atom. The Morgan fingerprint density at radius 2 is 1.95 bits per heavy atom. The van der Waals surface area contributed by atoms with Gasteiger partial charge in [0.2, 0.25) is 10.0 Å². The van der Waals surface area contributed by atoms with E-state index in [2.05, 4.69) is 31.8 Å². The average molecular weight is 600 g/mol. The molecule has 2 heterocycles. The van der Waals surface area contributed by atoms with Gasteiger partial charge in [-0.3, -0.25) is 4.90 Å². The molecule has 2 aromatic carbocycles. The van der Waals surface area contributed by atoms with E-state index in [-0.39, 0.29) is 22.1 Å². The average Bonchev–Trinajstić information content (AvgIpc) is 3.67. The quantitative estimate of drug-likeness (QED) is 0.269. The lowest BCUT2D eigenvalue weighted by Gasteiger charge is -2.19. The molecule has 220 valence electrons. The highest BCUT2D eigenvalue weighted by molar-refractivity contribution is 7.89. The monoisotopic (exact) mass is 599 g/mol. The summed E-state index contributed by atoms with van der Waals surface area (Å²) in [6.07, 6.45) is 5.17. The number of nitrogens with zero attached hydrogens (tertiary/aromatic N) is 3. The fourth-order valence-electron chi connectivity index (χ4n) is 4.80. The number of halogens is 1. The van der Waals surface area contributed by atoms with Gasteiger partial charge in [0.15, 0.2) is 5.82 Å². The van der Waals surface area contributed by atoms with Crippen molar-refractivity contribution in [3.8, 4) is 11.5 Å². The lowest BCUT2D eigenvalue weighted by Crippen LogP contribution is -2.26. The van der Waals surface area contributed by atoms with E-state index in [4.69, 9.17) is 21.1 Å². The molecule has 1 aromatic heterocycles. The minimum Gasteiger partial charge on any atom is -0.491 e. The molecular formula is C30H38ClN5O4S. The number of para-hydroxylation sites is 1. The Kier molecular flexibility index (Phi) is 9.33. The highest BCUT2D eigenvalue weighted by atomic mass is 35.5. The highest BCUT2D eigenvalue weighted by Gasteiger charge is 2.26. The van der Waals surface area contributed by atoms with E-state index in [0.29, 0.717) is 42.0 Å². The number of benzene rings is 2. The number of likely N-dealkylation sites (N-methyl/N-ethyl adjacent to an activating group) is 1. The van der Waals surface area contributed by atoms with Crippen LogP contribution in [0.5, 0.6) is 11.5 Å². The Hall–Kier alpha value is -2.92. The van der Waals surface area contributed by atoms with Gasteiger partial charge in [0.25, 0.3) is 0 Å². The first-order valence-corrected chi connectivity index (χ1v) is 16.1. The third-order valence-electron chi connectivity index (χ3n) is 7.21. The first-order chi connectivity index (χ1) is 19.7. The topological polar surface area (TPSA) is 106 Å². The van der Waals surface area contributed by atoms with Crippen LogP contribution in [0.3, 0.4) is 0 Å². The molecule has 2 N–H and O–H groups in total. The molecule has 0 bridgehead atoms. The standard InChI is InChI=1S/C30H38ClN5O4S/c1-4-36-14-13-24(19-36)40-23-12-11-22(27(16-23)39-20(2)3)15-29-32-18-25(31)30(35-29)34-26-7-5-6-8-28(26)41(37,38)33-17-21-9-10-21/h5-8,11-12,16,18,20-21,24,33H,4,9-10,13-15,17,19H2,1-3H3,(H,32,34,35). The molecule has 2 fully saturated rings. The Bertz CT molecular complexity index is 1460. The number of rotatable bonds is 13. The summed E-state index contributed by atoms with van der Waals surface area (Å²) in [5.41, 5.74) is 1.30. The smallest absolute Gasteiger partial charge is 0.242 e. The number of hydrogen-bond acceptors (Lipinski definition) is 8. The van der Waals surface area contributed by atoms with Crippen LogP contribution in [0.1, 0.15) is 51.4 Å². The second kappa shape index (κ2) is 12.9. The third kappa shape index (κ3) is 7.88. The summed E-state index contributed by atoms with van der Waals surface area (Å²) in [4.78, 5) is 11.6. The molecule has 9 nitrogen and oxygen atoms in total. The molecular weight excluding hydrogens is 562 g/mol. The molecule has 3 aromatic rings. The van der Waals surface area contributed by atoms with Crippen LogP contribution in [0.4, 0.5) is 11.5 Å². The van der Waals surface area contributed by atoms with Crippen molar-refractivity contribution in [1.29, 1.82) is 0 Å². The molecule has 5 rings (SSSR count). The number of anilines is 2. The summed E-state index contributed by atoms with van der Waals surface area (Å²) in [6, 6.07) is 12.6. The fraction of sp³-hybridized carbons (Fsp3) is 0.467. The van der Waals surface area contributed by atoms with Crippen LogP contribution in [0.2, 0.25) is 5.02 Å². The van der Waals surface area contributed by atoms with Gasteiger partial charge in [0, 0.05) is 37.7 Å². The van der Waals surface area contributed by atoms with Crippen molar-refractivity contribution in [2.24, 2.45) is 5.92 Å². The minimum absolute atomic E-state index is 0.0265. The van der Waals surface area contributed by atoms with E-state index in [9.17, 15) is 8.42 Å². The third-order valence-corrected chi connectivity index (χ3v) is 8.97. The van der Waals surface area contributed by atoms with Gasteiger partial charge in [-0.15, -0.1) is 0 Å². The van der Waals surface area contributed by atoms with Crippen LogP contribution in [-0.2, 0) is 16.4 Å². The van der Waals surface area contributed by atoms with E-state index in [1.807, 2.05) is 32.0 Å².